The molecular formula is C47H88O5. The molecule has 0 aliphatic rings. The minimum atomic E-state index is -0.527. The number of carbonyl (C=O) groups is 2. The van der Waals surface area contributed by atoms with Crippen LogP contribution in [-0.2, 0) is 23.8 Å². The number of rotatable bonds is 42. The van der Waals surface area contributed by atoms with Gasteiger partial charge in [0, 0.05) is 19.4 Å². The second-order valence-electron chi connectivity index (χ2n) is 15.3. The van der Waals surface area contributed by atoms with E-state index in [2.05, 4.69) is 45.1 Å². The van der Waals surface area contributed by atoms with Gasteiger partial charge in [-0.05, 0) is 51.4 Å². The van der Waals surface area contributed by atoms with Crippen LogP contribution in [0.5, 0.6) is 0 Å². The molecule has 5 nitrogen and oxygen atoms in total. The molecule has 0 aromatic heterocycles. The van der Waals surface area contributed by atoms with Crippen LogP contribution in [0.15, 0.2) is 24.3 Å². The van der Waals surface area contributed by atoms with Crippen molar-refractivity contribution in [3.05, 3.63) is 24.3 Å². The summed E-state index contributed by atoms with van der Waals surface area (Å²) in [6.45, 7) is 7.75. The van der Waals surface area contributed by atoms with E-state index in [9.17, 15) is 9.59 Å². The van der Waals surface area contributed by atoms with Crippen LogP contribution in [0, 0.1) is 0 Å². The summed E-state index contributed by atoms with van der Waals surface area (Å²) in [7, 11) is 0. The summed E-state index contributed by atoms with van der Waals surface area (Å²) in [5.41, 5.74) is 0. The van der Waals surface area contributed by atoms with Crippen LogP contribution in [0.4, 0.5) is 0 Å². The smallest absolute Gasteiger partial charge is 0.306 e. The highest BCUT2D eigenvalue weighted by atomic mass is 16.6. The van der Waals surface area contributed by atoms with Crippen molar-refractivity contribution in [2.75, 3.05) is 19.8 Å². The minimum Gasteiger partial charge on any atom is -0.462 e. The van der Waals surface area contributed by atoms with Gasteiger partial charge in [0.1, 0.15) is 6.61 Å². The lowest BCUT2D eigenvalue weighted by Gasteiger charge is -2.18. The van der Waals surface area contributed by atoms with E-state index in [4.69, 9.17) is 14.2 Å². The van der Waals surface area contributed by atoms with Crippen LogP contribution >= 0.6 is 0 Å². The molecule has 1 unspecified atom stereocenters. The topological polar surface area (TPSA) is 61.8 Å². The van der Waals surface area contributed by atoms with Gasteiger partial charge in [-0.25, -0.2) is 0 Å². The minimum absolute atomic E-state index is 0.0862. The maximum absolute atomic E-state index is 12.5. The lowest BCUT2D eigenvalue weighted by Crippen LogP contribution is -2.30. The van der Waals surface area contributed by atoms with E-state index in [1.54, 1.807) is 0 Å². The first-order valence-corrected chi connectivity index (χ1v) is 22.9. The summed E-state index contributed by atoms with van der Waals surface area (Å²) in [6.07, 6.45) is 49.1. The van der Waals surface area contributed by atoms with Crippen molar-refractivity contribution in [1.29, 1.82) is 0 Å². The fraction of sp³-hybridized carbons (Fsp3) is 0.872. The molecule has 5 heteroatoms. The Morgan fingerprint density at radius 3 is 1.31 bits per heavy atom. The van der Waals surface area contributed by atoms with Crippen molar-refractivity contribution >= 4 is 11.9 Å². The molecule has 306 valence electrons. The fourth-order valence-electron chi connectivity index (χ4n) is 6.54. The maximum atomic E-state index is 12.5. The Bertz CT molecular complexity index is 791. The van der Waals surface area contributed by atoms with E-state index in [0.29, 0.717) is 26.1 Å². The Labute approximate surface area is 324 Å². The third-order valence-corrected chi connectivity index (χ3v) is 9.99. The Morgan fingerprint density at radius 1 is 0.423 bits per heavy atom. The molecule has 0 aromatic rings. The van der Waals surface area contributed by atoms with E-state index in [0.717, 1.165) is 51.4 Å². The molecule has 0 radical (unpaired) electrons. The van der Waals surface area contributed by atoms with Gasteiger partial charge in [0.15, 0.2) is 6.10 Å². The molecule has 0 aromatic carbocycles. The van der Waals surface area contributed by atoms with Crippen LogP contribution in [0.3, 0.4) is 0 Å². The highest BCUT2D eigenvalue weighted by Crippen LogP contribution is 2.14. The van der Waals surface area contributed by atoms with Gasteiger partial charge < -0.3 is 14.2 Å². The molecule has 0 bridgehead atoms. The van der Waals surface area contributed by atoms with Gasteiger partial charge in [-0.1, -0.05) is 199 Å². The average molecular weight is 733 g/mol. The van der Waals surface area contributed by atoms with Crippen molar-refractivity contribution in [2.45, 2.75) is 245 Å². The number of ether oxygens (including phenoxy) is 3. The van der Waals surface area contributed by atoms with Crippen molar-refractivity contribution in [3.63, 3.8) is 0 Å². The van der Waals surface area contributed by atoms with Gasteiger partial charge in [0.05, 0.1) is 6.61 Å². The predicted octanol–water partition coefficient (Wildman–Crippen LogP) is 14.9. The van der Waals surface area contributed by atoms with E-state index >= 15 is 0 Å². The Morgan fingerprint density at radius 2 is 0.808 bits per heavy atom. The van der Waals surface area contributed by atoms with Crippen molar-refractivity contribution in [1.82, 2.24) is 0 Å². The quantitative estimate of drug-likeness (QED) is 0.0355. The molecule has 0 heterocycles. The van der Waals surface area contributed by atoms with Gasteiger partial charge >= 0.3 is 11.9 Å². The third-order valence-electron chi connectivity index (χ3n) is 9.99. The Kier molecular flexibility index (Phi) is 42.4. The summed E-state index contributed by atoms with van der Waals surface area (Å²) < 4.78 is 17.2. The average Bonchev–Trinajstić information content (AvgIpc) is 3.14. The van der Waals surface area contributed by atoms with Gasteiger partial charge in [-0.2, -0.15) is 0 Å². The Hall–Kier alpha value is -1.62. The van der Waals surface area contributed by atoms with Gasteiger partial charge in [0.2, 0.25) is 0 Å². The zero-order valence-corrected chi connectivity index (χ0v) is 35.1. The standard InChI is InChI=1S/C47H88O5/c1-4-7-10-13-15-17-19-21-23-24-25-26-28-30-32-35-37-40-46(48)51-44-45(52-47(49)41-38-34-12-9-6-3)43-50-42-39-36-33-31-29-27-22-20-18-16-14-11-8-5-2/h15,17,21,23,45H,4-14,16,18-20,22,24-44H2,1-3H3/b17-15-,23-21-. The van der Waals surface area contributed by atoms with E-state index in [-0.39, 0.29) is 18.5 Å². The largest absolute Gasteiger partial charge is 0.462 e. The first-order chi connectivity index (χ1) is 25.6. The molecule has 0 saturated carbocycles. The lowest BCUT2D eigenvalue weighted by molar-refractivity contribution is -0.163. The van der Waals surface area contributed by atoms with Crippen LogP contribution in [0.1, 0.15) is 239 Å². The predicted molar refractivity (Wildman–Crippen MR) is 224 cm³/mol. The number of carbonyl (C=O) groups excluding carboxylic acids is 2. The SMILES string of the molecule is CCCCC/C=C\C/C=C\CCCCCCCCCC(=O)OCC(COCCCCCCCCCCCCCCCC)OC(=O)CCCCCCC. The van der Waals surface area contributed by atoms with E-state index in [1.165, 1.54) is 154 Å². The molecule has 0 saturated heterocycles. The molecule has 52 heavy (non-hydrogen) atoms. The maximum Gasteiger partial charge on any atom is 0.306 e. The summed E-state index contributed by atoms with van der Waals surface area (Å²) in [5.74, 6) is -0.408. The monoisotopic (exact) mass is 733 g/mol. The number of esters is 2. The summed E-state index contributed by atoms with van der Waals surface area (Å²) in [4.78, 5) is 25.0. The fourth-order valence-corrected chi connectivity index (χ4v) is 6.54. The summed E-state index contributed by atoms with van der Waals surface area (Å²) in [5, 5.41) is 0. The molecule has 0 N–H and O–H groups in total. The zero-order valence-electron chi connectivity index (χ0n) is 35.1. The summed E-state index contributed by atoms with van der Waals surface area (Å²) in [6, 6.07) is 0. The van der Waals surface area contributed by atoms with Gasteiger partial charge in [-0.3, -0.25) is 9.59 Å². The van der Waals surface area contributed by atoms with Crippen molar-refractivity contribution in [2.24, 2.45) is 0 Å². The van der Waals surface area contributed by atoms with Gasteiger partial charge in [0.25, 0.3) is 0 Å². The Balaban J connectivity index is 4.03. The molecule has 1 atom stereocenters. The van der Waals surface area contributed by atoms with Gasteiger partial charge in [-0.15, -0.1) is 0 Å². The zero-order chi connectivity index (χ0) is 37.8. The van der Waals surface area contributed by atoms with Crippen LogP contribution in [0.2, 0.25) is 0 Å². The molecule has 0 amide bonds. The number of unbranched alkanes of at least 4 members (excludes halogenated alkanes) is 27. The first-order valence-electron chi connectivity index (χ1n) is 22.9. The van der Waals surface area contributed by atoms with Crippen LogP contribution in [0.25, 0.3) is 0 Å². The first kappa shape index (κ1) is 50.4. The molecule has 0 spiro atoms. The second kappa shape index (κ2) is 43.8. The molecule has 0 aliphatic heterocycles. The molecule has 0 aliphatic carbocycles. The number of allylic oxidation sites excluding steroid dienone is 4. The van der Waals surface area contributed by atoms with E-state index in [1.807, 2.05) is 0 Å². The molecule has 0 rings (SSSR count). The third kappa shape index (κ3) is 41.1. The number of hydrogen-bond donors (Lipinski definition) is 0. The highest BCUT2D eigenvalue weighted by Gasteiger charge is 2.17. The lowest BCUT2D eigenvalue weighted by atomic mass is 10.0. The normalized spacial score (nSPS) is 12.3. The molecular weight excluding hydrogens is 645 g/mol. The molecule has 0 fully saturated rings. The summed E-state index contributed by atoms with van der Waals surface area (Å²) >= 11 is 0. The highest BCUT2D eigenvalue weighted by molar-refractivity contribution is 5.70. The van der Waals surface area contributed by atoms with E-state index < -0.39 is 6.10 Å². The van der Waals surface area contributed by atoms with Crippen molar-refractivity contribution in [3.8, 4) is 0 Å². The van der Waals surface area contributed by atoms with Crippen LogP contribution in [-0.4, -0.2) is 37.9 Å². The number of hydrogen-bond acceptors (Lipinski definition) is 5. The second-order valence-corrected chi connectivity index (χ2v) is 15.3. The van der Waals surface area contributed by atoms with Crippen LogP contribution < -0.4 is 0 Å². The van der Waals surface area contributed by atoms with Crippen molar-refractivity contribution < 1.29 is 23.8 Å².